The summed E-state index contributed by atoms with van der Waals surface area (Å²) in [6.45, 7) is 2.42. The van der Waals surface area contributed by atoms with Crippen LogP contribution in [0, 0.1) is 6.92 Å². The van der Waals surface area contributed by atoms with Crippen LogP contribution in [0.4, 0.5) is 16.2 Å². The number of likely N-dealkylation sites (N-methyl/N-ethyl adjacent to an activating group) is 1. The molecule has 2 saturated carbocycles. The molecule has 47 heavy (non-hydrogen) atoms. The molecule has 12 nitrogen and oxygen atoms in total. The summed E-state index contributed by atoms with van der Waals surface area (Å²) in [7, 11) is 1.45. The van der Waals surface area contributed by atoms with Crippen molar-refractivity contribution in [2.45, 2.75) is 62.1 Å². The summed E-state index contributed by atoms with van der Waals surface area (Å²) in [5.74, 6) is 1.46. The topological polar surface area (TPSA) is 138 Å². The number of fused-ring (bicyclic) bond motifs is 2. The highest BCUT2D eigenvalue weighted by Crippen LogP contribution is 2.53. The van der Waals surface area contributed by atoms with Gasteiger partial charge in [-0.25, -0.2) is 19.7 Å². The third-order valence-corrected chi connectivity index (χ3v) is 9.94. The van der Waals surface area contributed by atoms with Gasteiger partial charge in [-0.15, -0.1) is 0 Å². The summed E-state index contributed by atoms with van der Waals surface area (Å²) in [5, 5.41) is 15.8. The summed E-state index contributed by atoms with van der Waals surface area (Å²) < 4.78 is 7.21. The van der Waals surface area contributed by atoms with Gasteiger partial charge in [-0.05, 0) is 68.0 Å². The lowest BCUT2D eigenvalue weighted by Crippen LogP contribution is -2.65. The van der Waals surface area contributed by atoms with Crippen LogP contribution >= 0.6 is 0 Å². The smallest absolute Gasteiger partial charge is 0.331 e. The van der Waals surface area contributed by atoms with Crippen LogP contribution in [0.15, 0.2) is 61.1 Å². The third kappa shape index (κ3) is 4.73. The normalized spacial score (nSPS) is 23.5. The van der Waals surface area contributed by atoms with Crippen molar-refractivity contribution in [2.75, 3.05) is 30.5 Å². The number of aryl methyl sites for hydroxylation is 1. The Morgan fingerprint density at radius 3 is 2.62 bits per heavy atom. The van der Waals surface area contributed by atoms with Gasteiger partial charge in [0.2, 0.25) is 0 Å². The van der Waals surface area contributed by atoms with E-state index in [0.717, 1.165) is 69.2 Å². The Morgan fingerprint density at radius 1 is 1.02 bits per heavy atom. The molecular weight excluding hydrogens is 596 g/mol. The van der Waals surface area contributed by atoms with Gasteiger partial charge in [0.15, 0.2) is 11.7 Å². The molecule has 12 heteroatoms. The average Bonchev–Trinajstić information content (AvgIpc) is 3.99. The molecule has 6 heterocycles. The molecule has 2 saturated heterocycles. The molecule has 3 amide bonds. The lowest BCUT2D eigenvalue weighted by Gasteiger charge is -2.42. The van der Waals surface area contributed by atoms with Gasteiger partial charge in [-0.3, -0.25) is 19.6 Å². The van der Waals surface area contributed by atoms with Crippen LogP contribution in [0.2, 0.25) is 0 Å². The number of ether oxygens (including phenoxy) is 1. The number of carbonyl (C=O) groups is 2. The highest BCUT2D eigenvalue weighted by molar-refractivity contribution is 6.16. The molecule has 2 aliphatic carbocycles. The second-order valence-corrected chi connectivity index (χ2v) is 13.4. The fourth-order valence-corrected chi connectivity index (χ4v) is 6.99. The molecule has 5 aromatic rings. The van der Waals surface area contributed by atoms with Crippen molar-refractivity contribution in [2.24, 2.45) is 0 Å². The molecule has 2 aliphatic heterocycles. The van der Waals surface area contributed by atoms with Crippen molar-refractivity contribution >= 4 is 39.9 Å². The third-order valence-electron chi connectivity index (χ3n) is 9.94. The molecule has 0 bridgehead atoms. The zero-order valence-corrected chi connectivity index (χ0v) is 26.1. The van der Waals surface area contributed by atoms with Crippen molar-refractivity contribution in [3.05, 3.63) is 89.5 Å². The number of aliphatic hydroxyl groups is 1. The number of carbonyl (C=O) groups excluding carboxylic acids is 2. The SMILES string of the molecule is Cc1ccnc([C@H]2C[C@@H]2c2ccc3ccc(NCc4cn5cc(C6CC6)cc(N6C(=O)N(C)C(=O)C6C6(O)COC6)c5n4)cc3n2)n1. The van der Waals surface area contributed by atoms with Crippen LogP contribution in [0.5, 0.6) is 0 Å². The molecule has 1 unspecified atom stereocenters. The highest BCUT2D eigenvalue weighted by atomic mass is 16.5. The Bertz CT molecular complexity index is 2100. The fourth-order valence-electron chi connectivity index (χ4n) is 6.99. The summed E-state index contributed by atoms with van der Waals surface area (Å²) in [6.07, 6.45) is 8.98. The molecule has 0 spiro atoms. The van der Waals surface area contributed by atoms with Gasteiger partial charge >= 0.3 is 6.03 Å². The molecule has 9 rings (SSSR count). The predicted molar refractivity (Wildman–Crippen MR) is 173 cm³/mol. The summed E-state index contributed by atoms with van der Waals surface area (Å²) >= 11 is 0. The van der Waals surface area contributed by atoms with Crippen molar-refractivity contribution in [1.82, 2.24) is 29.2 Å². The number of amides is 3. The van der Waals surface area contributed by atoms with Gasteiger partial charge in [0, 0.05) is 59.9 Å². The fraction of sp³-hybridized carbons (Fsp3) is 0.371. The minimum Gasteiger partial charge on any atom is -0.382 e. The second kappa shape index (κ2) is 10.3. The molecular formula is C35H34N8O4. The van der Waals surface area contributed by atoms with Crippen molar-refractivity contribution in [3.63, 3.8) is 0 Å². The molecule has 0 radical (unpaired) electrons. The van der Waals surface area contributed by atoms with E-state index in [1.54, 1.807) is 0 Å². The number of rotatable bonds is 8. The first-order chi connectivity index (χ1) is 22.8. The summed E-state index contributed by atoms with van der Waals surface area (Å²) in [6, 6.07) is 12.7. The van der Waals surface area contributed by atoms with E-state index in [-0.39, 0.29) is 13.2 Å². The summed E-state index contributed by atoms with van der Waals surface area (Å²) in [5.41, 5.74) is 5.35. The van der Waals surface area contributed by atoms with E-state index in [9.17, 15) is 14.7 Å². The molecule has 238 valence electrons. The zero-order chi connectivity index (χ0) is 32.0. The predicted octanol–water partition coefficient (Wildman–Crippen LogP) is 4.27. The number of hydrogen-bond acceptors (Lipinski definition) is 9. The number of aromatic nitrogens is 5. The molecule has 4 aromatic heterocycles. The Labute approximate surface area is 270 Å². The van der Waals surface area contributed by atoms with E-state index < -0.39 is 23.6 Å². The maximum atomic E-state index is 13.5. The lowest BCUT2D eigenvalue weighted by molar-refractivity contribution is -0.190. The molecule has 4 fully saturated rings. The first kappa shape index (κ1) is 28.3. The largest absolute Gasteiger partial charge is 0.382 e. The summed E-state index contributed by atoms with van der Waals surface area (Å²) in [4.78, 5) is 48.2. The number of nitrogens with zero attached hydrogens (tertiary/aromatic N) is 7. The maximum Gasteiger partial charge on any atom is 0.331 e. The van der Waals surface area contributed by atoms with Gasteiger partial charge in [-0.2, -0.15) is 0 Å². The van der Waals surface area contributed by atoms with E-state index in [1.807, 2.05) is 41.9 Å². The lowest BCUT2D eigenvalue weighted by atomic mass is 9.90. The standard InChI is InChI=1S/C35H34N8O4/c1-19-9-10-36-31(38-19)26-13-25(26)27-8-6-21-5-7-23(12-28(21)40-27)37-14-24-16-42-15-22(20-3-4-20)11-29(32(42)39-24)43-30(35(46)17-47-18-35)33(44)41(2)34(43)45/h5-12,15-16,20,25-26,30,37,46H,3-4,13-14,17-18H2,1-2H3/t25-,26-,30?/m0/s1. The average molecular weight is 631 g/mol. The Balaban J connectivity index is 0.994. The number of hydrogen-bond donors (Lipinski definition) is 2. The highest BCUT2D eigenvalue weighted by Gasteiger charge is 2.59. The van der Waals surface area contributed by atoms with E-state index in [2.05, 4.69) is 45.7 Å². The number of urea groups is 1. The molecule has 3 atom stereocenters. The van der Waals surface area contributed by atoms with E-state index in [0.29, 0.717) is 35.6 Å². The first-order valence-electron chi connectivity index (χ1n) is 16.1. The minimum atomic E-state index is -1.44. The van der Waals surface area contributed by atoms with Gasteiger partial charge in [-0.1, -0.05) is 12.1 Å². The molecule has 1 aromatic carbocycles. The number of imidazole rings is 1. The molecule has 4 aliphatic rings. The van der Waals surface area contributed by atoms with Crippen LogP contribution < -0.4 is 10.2 Å². The van der Waals surface area contributed by atoms with E-state index in [1.165, 1.54) is 11.9 Å². The van der Waals surface area contributed by atoms with Crippen LogP contribution in [0.3, 0.4) is 0 Å². The quantitative estimate of drug-likeness (QED) is 0.241. The number of benzene rings is 1. The van der Waals surface area contributed by atoms with Crippen LogP contribution in [-0.4, -0.2) is 78.2 Å². The van der Waals surface area contributed by atoms with Gasteiger partial charge in [0.05, 0.1) is 36.7 Å². The monoisotopic (exact) mass is 630 g/mol. The van der Waals surface area contributed by atoms with Crippen molar-refractivity contribution < 1.29 is 19.4 Å². The van der Waals surface area contributed by atoms with Crippen molar-refractivity contribution in [3.8, 4) is 0 Å². The Morgan fingerprint density at radius 2 is 1.85 bits per heavy atom. The van der Waals surface area contributed by atoms with Gasteiger partial charge in [0.1, 0.15) is 11.4 Å². The minimum absolute atomic E-state index is 0.00623. The van der Waals surface area contributed by atoms with Gasteiger partial charge in [0.25, 0.3) is 5.91 Å². The van der Waals surface area contributed by atoms with Crippen LogP contribution in [-0.2, 0) is 16.1 Å². The first-order valence-corrected chi connectivity index (χ1v) is 16.1. The van der Waals surface area contributed by atoms with E-state index in [4.69, 9.17) is 14.7 Å². The zero-order valence-electron chi connectivity index (χ0n) is 26.1. The van der Waals surface area contributed by atoms with Crippen LogP contribution in [0.1, 0.15) is 65.5 Å². The second-order valence-electron chi connectivity index (χ2n) is 13.4. The Kier molecular flexibility index (Phi) is 6.19. The number of anilines is 2. The number of imide groups is 1. The number of pyridine rings is 2. The van der Waals surface area contributed by atoms with Crippen LogP contribution in [0.25, 0.3) is 16.6 Å². The van der Waals surface area contributed by atoms with Crippen molar-refractivity contribution in [1.29, 1.82) is 0 Å². The Hall–Kier alpha value is -4.94. The molecule has 2 N–H and O–H groups in total. The van der Waals surface area contributed by atoms with Gasteiger partial charge < -0.3 is 19.6 Å². The van der Waals surface area contributed by atoms with E-state index >= 15 is 0 Å². The number of nitrogens with one attached hydrogen (secondary N) is 1. The maximum absolute atomic E-state index is 13.5.